The second-order valence-electron chi connectivity index (χ2n) is 5.60. The van der Waals surface area contributed by atoms with Crippen molar-refractivity contribution in [2.24, 2.45) is 0 Å². The lowest BCUT2D eigenvalue weighted by atomic mass is 10.1. The minimum Gasteiger partial charge on any atom is -0.384 e. The maximum Gasteiger partial charge on any atom is 0.272 e. The first kappa shape index (κ1) is 16.4. The van der Waals surface area contributed by atoms with E-state index in [0.717, 1.165) is 5.56 Å². The summed E-state index contributed by atoms with van der Waals surface area (Å²) in [6.07, 6.45) is -0.967. The maximum absolute atomic E-state index is 11.7. The molecular weight excluding hydrogens is 286 g/mol. The van der Waals surface area contributed by atoms with Gasteiger partial charge >= 0.3 is 0 Å². The number of aliphatic hydroxyl groups excluding tert-OH is 1. The average molecular weight is 307 g/mol. The summed E-state index contributed by atoms with van der Waals surface area (Å²) in [7, 11) is 0. The van der Waals surface area contributed by atoms with Crippen LogP contribution in [0.15, 0.2) is 18.2 Å². The van der Waals surface area contributed by atoms with Gasteiger partial charge in [-0.1, -0.05) is 12.1 Å². The van der Waals surface area contributed by atoms with Gasteiger partial charge < -0.3 is 10.0 Å². The third-order valence-corrected chi connectivity index (χ3v) is 4.05. The van der Waals surface area contributed by atoms with Gasteiger partial charge in [0.2, 0.25) is 0 Å². The lowest BCUT2D eigenvalue weighted by Crippen LogP contribution is -2.50. The number of aliphatic hydroxyl groups is 1. The number of rotatable bonds is 4. The Balaban J connectivity index is 1.98. The molecule has 1 aliphatic rings. The Morgan fingerprint density at radius 3 is 2.55 bits per heavy atom. The van der Waals surface area contributed by atoms with Crippen molar-refractivity contribution in [3.8, 4) is 0 Å². The standard InChI is InChI=1S/C15H21N3O4/c1-11-13(4-3-5-14(11)18(21)22)10-16-6-8-17(9-7-16)15(20)12(2)19/h3-5,12,19H,6-10H2,1-2H3. The number of carbonyl (C=O) groups excluding carboxylic acids is 1. The Labute approximate surface area is 129 Å². The van der Waals surface area contributed by atoms with E-state index in [1.165, 1.54) is 13.0 Å². The van der Waals surface area contributed by atoms with E-state index in [4.69, 9.17) is 0 Å². The molecule has 0 spiro atoms. The van der Waals surface area contributed by atoms with Crippen LogP contribution in [0.2, 0.25) is 0 Å². The zero-order chi connectivity index (χ0) is 16.3. The minimum atomic E-state index is -0.967. The van der Waals surface area contributed by atoms with Crippen molar-refractivity contribution in [3.05, 3.63) is 39.4 Å². The number of nitro groups is 1. The summed E-state index contributed by atoms with van der Waals surface area (Å²) in [6.45, 7) is 6.39. The van der Waals surface area contributed by atoms with Crippen LogP contribution in [-0.2, 0) is 11.3 Å². The average Bonchev–Trinajstić information content (AvgIpc) is 2.49. The highest BCUT2D eigenvalue weighted by Crippen LogP contribution is 2.22. The largest absolute Gasteiger partial charge is 0.384 e. The zero-order valence-corrected chi connectivity index (χ0v) is 12.9. The molecule has 7 nitrogen and oxygen atoms in total. The second-order valence-corrected chi connectivity index (χ2v) is 5.60. The van der Waals surface area contributed by atoms with Crippen LogP contribution in [0, 0.1) is 17.0 Å². The predicted octanol–water partition coefficient (Wildman–Crippen LogP) is 0.928. The summed E-state index contributed by atoms with van der Waals surface area (Å²) in [5.41, 5.74) is 1.76. The van der Waals surface area contributed by atoms with Crippen LogP contribution in [0.4, 0.5) is 5.69 Å². The normalized spacial score (nSPS) is 17.3. The van der Waals surface area contributed by atoms with Gasteiger partial charge in [0.15, 0.2) is 0 Å². The maximum atomic E-state index is 11.7. The van der Waals surface area contributed by atoms with Gasteiger partial charge in [0.1, 0.15) is 6.10 Å². The topological polar surface area (TPSA) is 86.9 Å². The molecule has 22 heavy (non-hydrogen) atoms. The molecule has 1 aromatic rings. The molecule has 1 N–H and O–H groups in total. The first-order valence-electron chi connectivity index (χ1n) is 7.32. The third-order valence-electron chi connectivity index (χ3n) is 4.05. The summed E-state index contributed by atoms with van der Waals surface area (Å²) in [4.78, 5) is 26.1. The van der Waals surface area contributed by atoms with Crippen LogP contribution < -0.4 is 0 Å². The Kier molecular flexibility index (Phi) is 5.10. The molecular formula is C15H21N3O4. The van der Waals surface area contributed by atoms with Gasteiger partial charge in [0.05, 0.1) is 4.92 Å². The molecule has 1 atom stereocenters. The second kappa shape index (κ2) is 6.85. The Morgan fingerprint density at radius 2 is 2.00 bits per heavy atom. The number of hydrogen-bond acceptors (Lipinski definition) is 5. The molecule has 1 aromatic carbocycles. The summed E-state index contributed by atoms with van der Waals surface area (Å²) in [5.74, 6) is -0.244. The minimum absolute atomic E-state index is 0.139. The van der Waals surface area contributed by atoms with E-state index < -0.39 is 6.10 Å². The van der Waals surface area contributed by atoms with Gasteiger partial charge in [-0.2, -0.15) is 0 Å². The van der Waals surface area contributed by atoms with E-state index in [1.54, 1.807) is 17.9 Å². The SMILES string of the molecule is Cc1c(CN2CCN(C(=O)C(C)O)CC2)cccc1[N+](=O)[O-]. The molecule has 1 aliphatic heterocycles. The quantitative estimate of drug-likeness (QED) is 0.660. The molecule has 0 aromatic heterocycles. The molecule has 1 amide bonds. The molecule has 120 valence electrons. The molecule has 0 aliphatic carbocycles. The van der Waals surface area contributed by atoms with E-state index in [2.05, 4.69) is 4.90 Å². The highest BCUT2D eigenvalue weighted by Gasteiger charge is 2.24. The molecule has 1 heterocycles. The zero-order valence-electron chi connectivity index (χ0n) is 12.9. The Hall–Kier alpha value is -1.99. The number of amides is 1. The van der Waals surface area contributed by atoms with E-state index >= 15 is 0 Å². The van der Waals surface area contributed by atoms with Gasteiger partial charge in [-0.15, -0.1) is 0 Å². The van der Waals surface area contributed by atoms with E-state index in [9.17, 15) is 20.0 Å². The number of piperazine rings is 1. The lowest BCUT2D eigenvalue weighted by Gasteiger charge is -2.35. The number of carbonyl (C=O) groups is 1. The summed E-state index contributed by atoms with van der Waals surface area (Å²) >= 11 is 0. The van der Waals surface area contributed by atoms with E-state index in [0.29, 0.717) is 38.3 Å². The van der Waals surface area contributed by atoms with Crippen molar-refractivity contribution < 1.29 is 14.8 Å². The summed E-state index contributed by atoms with van der Waals surface area (Å²) in [6, 6.07) is 5.11. The molecule has 1 unspecified atom stereocenters. The Morgan fingerprint density at radius 1 is 1.36 bits per heavy atom. The fraction of sp³-hybridized carbons (Fsp3) is 0.533. The molecule has 1 saturated heterocycles. The first-order chi connectivity index (χ1) is 10.4. The molecule has 0 radical (unpaired) electrons. The van der Waals surface area contributed by atoms with Crippen LogP contribution >= 0.6 is 0 Å². The molecule has 1 fully saturated rings. The van der Waals surface area contributed by atoms with Crippen molar-refractivity contribution in [1.82, 2.24) is 9.80 Å². The third kappa shape index (κ3) is 3.61. The molecule has 2 rings (SSSR count). The first-order valence-corrected chi connectivity index (χ1v) is 7.32. The number of nitro benzene ring substituents is 1. The van der Waals surface area contributed by atoms with Crippen LogP contribution in [-0.4, -0.2) is 58.0 Å². The van der Waals surface area contributed by atoms with Crippen molar-refractivity contribution in [2.45, 2.75) is 26.5 Å². The van der Waals surface area contributed by atoms with E-state index in [1.807, 2.05) is 6.07 Å². The van der Waals surface area contributed by atoms with Crippen LogP contribution in [0.25, 0.3) is 0 Å². The van der Waals surface area contributed by atoms with Gasteiger partial charge in [-0.3, -0.25) is 19.8 Å². The summed E-state index contributed by atoms with van der Waals surface area (Å²) < 4.78 is 0. The van der Waals surface area contributed by atoms with Gasteiger partial charge in [-0.25, -0.2) is 0 Å². The van der Waals surface area contributed by atoms with Crippen LogP contribution in [0.3, 0.4) is 0 Å². The summed E-state index contributed by atoms with van der Waals surface area (Å²) in [5, 5.41) is 20.3. The monoisotopic (exact) mass is 307 g/mol. The lowest BCUT2D eigenvalue weighted by molar-refractivity contribution is -0.385. The molecule has 7 heteroatoms. The van der Waals surface area contributed by atoms with Gasteiger partial charge in [-0.05, 0) is 19.4 Å². The predicted molar refractivity (Wildman–Crippen MR) is 81.4 cm³/mol. The van der Waals surface area contributed by atoms with Crippen LogP contribution in [0.1, 0.15) is 18.1 Å². The van der Waals surface area contributed by atoms with Crippen molar-refractivity contribution >= 4 is 11.6 Å². The Bertz CT molecular complexity index is 566. The highest BCUT2D eigenvalue weighted by molar-refractivity contribution is 5.80. The fourth-order valence-corrected chi connectivity index (χ4v) is 2.67. The van der Waals surface area contributed by atoms with Gasteiger partial charge in [0.25, 0.3) is 11.6 Å². The number of benzene rings is 1. The smallest absolute Gasteiger partial charge is 0.272 e. The fourth-order valence-electron chi connectivity index (χ4n) is 2.67. The van der Waals surface area contributed by atoms with Gasteiger partial charge in [0, 0.05) is 44.4 Å². The van der Waals surface area contributed by atoms with Crippen molar-refractivity contribution in [1.29, 1.82) is 0 Å². The highest BCUT2D eigenvalue weighted by atomic mass is 16.6. The van der Waals surface area contributed by atoms with Crippen LogP contribution in [0.5, 0.6) is 0 Å². The molecule has 0 saturated carbocycles. The molecule has 0 bridgehead atoms. The van der Waals surface area contributed by atoms with Crippen molar-refractivity contribution in [3.63, 3.8) is 0 Å². The van der Waals surface area contributed by atoms with Crippen molar-refractivity contribution in [2.75, 3.05) is 26.2 Å². The number of hydrogen-bond donors (Lipinski definition) is 1. The van der Waals surface area contributed by atoms with E-state index in [-0.39, 0.29) is 16.5 Å². The number of nitrogens with zero attached hydrogens (tertiary/aromatic N) is 3.